The van der Waals surface area contributed by atoms with Crippen molar-refractivity contribution in [1.29, 1.82) is 0 Å². The molecule has 214 valence electrons. The summed E-state index contributed by atoms with van der Waals surface area (Å²) in [7, 11) is 0. The van der Waals surface area contributed by atoms with Crippen LogP contribution >= 0.6 is 11.8 Å². The average Bonchev–Trinajstić information content (AvgIpc) is 3.85. The van der Waals surface area contributed by atoms with Crippen molar-refractivity contribution in [2.24, 2.45) is 5.92 Å². The third-order valence-electron chi connectivity index (χ3n) is 7.59. The summed E-state index contributed by atoms with van der Waals surface area (Å²) in [6.07, 6.45) is 1.42. The highest BCUT2D eigenvalue weighted by Crippen LogP contribution is 2.37. The fourth-order valence-electron chi connectivity index (χ4n) is 5.13. The number of ether oxygens (including phenoxy) is 5. The standard InChI is InChI=1S/C34H42O5S/c1-3-40-34-33(38-23-28-17-11-6-12-18-28)32(37-22-27-15-9-5-10-16-27)31(36-21-26-13-7-4-8-14-26)30(39-34)24-35-25(2)29-19-20-29/h4-18,25,29-34H,3,19-24H2,1-2H3/t25?,30-,31-,32+,33-,34+/m1/s1. The van der Waals surface area contributed by atoms with Gasteiger partial charge in [0.1, 0.15) is 29.9 Å². The molecule has 1 saturated heterocycles. The molecule has 5 nitrogen and oxygen atoms in total. The van der Waals surface area contributed by atoms with Crippen molar-refractivity contribution in [2.75, 3.05) is 12.4 Å². The van der Waals surface area contributed by atoms with E-state index in [-0.39, 0.29) is 36.0 Å². The molecule has 3 aromatic carbocycles. The van der Waals surface area contributed by atoms with E-state index in [1.807, 2.05) is 54.6 Å². The normalized spacial score (nSPS) is 25.5. The molecule has 0 spiro atoms. The van der Waals surface area contributed by atoms with Gasteiger partial charge in [-0.25, -0.2) is 0 Å². The Kier molecular flexibility index (Phi) is 11.1. The zero-order chi connectivity index (χ0) is 27.6. The Morgan fingerprint density at radius 3 is 1.65 bits per heavy atom. The quantitative estimate of drug-likeness (QED) is 0.198. The Labute approximate surface area is 243 Å². The van der Waals surface area contributed by atoms with E-state index in [2.05, 4.69) is 50.2 Å². The molecule has 2 fully saturated rings. The van der Waals surface area contributed by atoms with Gasteiger partial charge in [0.15, 0.2) is 0 Å². The van der Waals surface area contributed by atoms with Gasteiger partial charge in [-0.2, -0.15) is 0 Å². The Morgan fingerprint density at radius 1 is 0.700 bits per heavy atom. The molecule has 1 aliphatic heterocycles. The maximum absolute atomic E-state index is 6.77. The lowest BCUT2D eigenvalue weighted by atomic mass is 9.98. The minimum Gasteiger partial charge on any atom is -0.375 e. The van der Waals surface area contributed by atoms with E-state index in [9.17, 15) is 0 Å². The topological polar surface area (TPSA) is 46.2 Å². The maximum Gasteiger partial charge on any atom is 0.132 e. The molecular weight excluding hydrogens is 520 g/mol. The monoisotopic (exact) mass is 562 g/mol. The van der Waals surface area contributed by atoms with Crippen LogP contribution in [0.3, 0.4) is 0 Å². The first kappa shape index (κ1) is 29.3. The highest BCUT2D eigenvalue weighted by Gasteiger charge is 2.48. The van der Waals surface area contributed by atoms with Crippen molar-refractivity contribution in [2.45, 2.75) is 82.5 Å². The van der Waals surface area contributed by atoms with Gasteiger partial charge in [0.05, 0.1) is 32.5 Å². The molecule has 40 heavy (non-hydrogen) atoms. The first-order valence-corrected chi connectivity index (χ1v) is 15.6. The van der Waals surface area contributed by atoms with Crippen molar-refractivity contribution in [3.05, 3.63) is 108 Å². The van der Waals surface area contributed by atoms with Crippen LogP contribution in [-0.2, 0) is 43.5 Å². The molecule has 3 aromatic rings. The molecule has 5 rings (SSSR count). The second-order valence-corrected chi connectivity index (χ2v) is 12.0. The van der Waals surface area contributed by atoms with Crippen molar-refractivity contribution >= 4 is 11.8 Å². The molecule has 0 radical (unpaired) electrons. The Balaban J connectivity index is 1.40. The van der Waals surface area contributed by atoms with Gasteiger partial charge < -0.3 is 23.7 Å². The summed E-state index contributed by atoms with van der Waals surface area (Å²) in [4.78, 5) is 0. The van der Waals surface area contributed by atoms with Gasteiger partial charge in [0, 0.05) is 0 Å². The summed E-state index contributed by atoms with van der Waals surface area (Å²) in [6, 6.07) is 30.8. The largest absolute Gasteiger partial charge is 0.375 e. The Morgan fingerprint density at radius 2 is 1.18 bits per heavy atom. The first-order valence-electron chi connectivity index (χ1n) is 14.6. The molecule has 0 aromatic heterocycles. The van der Waals surface area contributed by atoms with Crippen LogP contribution in [0.4, 0.5) is 0 Å². The van der Waals surface area contributed by atoms with Crippen LogP contribution in [0, 0.1) is 5.92 Å². The van der Waals surface area contributed by atoms with Gasteiger partial charge >= 0.3 is 0 Å². The van der Waals surface area contributed by atoms with Crippen LogP contribution in [0.25, 0.3) is 0 Å². The summed E-state index contributed by atoms with van der Waals surface area (Å²) in [5.74, 6) is 1.56. The van der Waals surface area contributed by atoms with Crippen LogP contribution in [-0.4, -0.2) is 48.3 Å². The van der Waals surface area contributed by atoms with Crippen LogP contribution in [0.5, 0.6) is 0 Å². The number of rotatable bonds is 15. The van der Waals surface area contributed by atoms with Gasteiger partial charge in [-0.1, -0.05) is 97.9 Å². The second-order valence-electron chi connectivity index (χ2n) is 10.7. The molecule has 6 atom stereocenters. The lowest BCUT2D eigenvalue weighted by Gasteiger charge is -2.46. The summed E-state index contributed by atoms with van der Waals surface area (Å²) >= 11 is 1.76. The summed E-state index contributed by atoms with van der Waals surface area (Å²) in [5, 5.41) is 0. The molecular formula is C34H42O5S. The van der Waals surface area contributed by atoms with E-state index in [1.54, 1.807) is 11.8 Å². The zero-order valence-corrected chi connectivity index (χ0v) is 24.4. The number of benzene rings is 3. The smallest absolute Gasteiger partial charge is 0.132 e. The minimum atomic E-state index is -0.357. The molecule has 0 bridgehead atoms. The molecule has 1 aliphatic carbocycles. The molecule has 6 heteroatoms. The number of hydrogen-bond acceptors (Lipinski definition) is 6. The fraction of sp³-hybridized carbons (Fsp3) is 0.471. The third kappa shape index (κ3) is 8.41. The maximum atomic E-state index is 6.77. The highest BCUT2D eigenvalue weighted by molar-refractivity contribution is 7.99. The average molecular weight is 563 g/mol. The molecule has 1 heterocycles. The fourth-order valence-corrected chi connectivity index (χ4v) is 6.10. The van der Waals surface area contributed by atoms with Gasteiger partial charge in [0.2, 0.25) is 0 Å². The molecule has 0 N–H and O–H groups in total. The van der Waals surface area contributed by atoms with Crippen LogP contribution in [0.2, 0.25) is 0 Å². The number of thioether (sulfide) groups is 1. The van der Waals surface area contributed by atoms with E-state index in [1.165, 1.54) is 12.8 Å². The lowest BCUT2D eigenvalue weighted by Crippen LogP contribution is -2.60. The molecule has 1 unspecified atom stereocenters. The van der Waals surface area contributed by atoms with Gasteiger partial charge in [-0.3, -0.25) is 0 Å². The summed E-state index contributed by atoms with van der Waals surface area (Å²) < 4.78 is 33.2. The van der Waals surface area contributed by atoms with Crippen molar-refractivity contribution < 1.29 is 23.7 Å². The lowest BCUT2D eigenvalue weighted by molar-refractivity contribution is -0.256. The van der Waals surface area contributed by atoms with Gasteiger partial charge in [-0.05, 0) is 48.1 Å². The third-order valence-corrected chi connectivity index (χ3v) is 8.63. The van der Waals surface area contributed by atoms with E-state index >= 15 is 0 Å². The van der Waals surface area contributed by atoms with Crippen molar-refractivity contribution in [3.8, 4) is 0 Å². The zero-order valence-electron chi connectivity index (χ0n) is 23.6. The van der Waals surface area contributed by atoms with E-state index in [0.717, 1.165) is 22.4 Å². The predicted molar refractivity (Wildman–Crippen MR) is 160 cm³/mol. The second kappa shape index (κ2) is 15.2. The molecule has 2 aliphatic rings. The first-order chi connectivity index (χ1) is 19.7. The molecule has 1 saturated carbocycles. The molecule has 0 amide bonds. The Bertz CT molecular complexity index is 1110. The summed E-state index contributed by atoms with van der Waals surface area (Å²) in [6.45, 7) is 6.21. The van der Waals surface area contributed by atoms with Gasteiger partial charge in [0.25, 0.3) is 0 Å². The minimum absolute atomic E-state index is 0.198. The van der Waals surface area contributed by atoms with Crippen molar-refractivity contribution in [1.82, 2.24) is 0 Å². The number of hydrogen-bond donors (Lipinski definition) is 0. The Hall–Kier alpha value is -2.19. The van der Waals surface area contributed by atoms with Crippen molar-refractivity contribution in [3.63, 3.8) is 0 Å². The van der Waals surface area contributed by atoms with Gasteiger partial charge in [-0.15, -0.1) is 11.8 Å². The van der Waals surface area contributed by atoms with E-state index < -0.39 is 0 Å². The predicted octanol–water partition coefficient (Wildman–Crippen LogP) is 7.04. The van der Waals surface area contributed by atoms with Crippen LogP contribution in [0.15, 0.2) is 91.0 Å². The summed E-state index contributed by atoms with van der Waals surface area (Å²) in [5.41, 5.74) is 3.15. The highest BCUT2D eigenvalue weighted by atomic mass is 32.2. The van der Waals surface area contributed by atoms with Crippen LogP contribution in [0.1, 0.15) is 43.4 Å². The van der Waals surface area contributed by atoms with E-state index in [0.29, 0.717) is 32.3 Å². The van der Waals surface area contributed by atoms with Crippen LogP contribution < -0.4 is 0 Å². The van der Waals surface area contributed by atoms with E-state index in [4.69, 9.17) is 23.7 Å². The SMILES string of the molecule is CCS[C@@H]1O[C@H](COC(C)C2CC2)[C@@H](OCc2ccccc2)[C@H](OCc2ccccc2)[C@H]1OCc1ccccc1.